The largest absolute Gasteiger partial charge is 0.350 e. The van der Waals surface area contributed by atoms with Gasteiger partial charge in [0.05, 0.1) is 23.5 Å². The van der Waals surface area contributed by atoms with E-state index in [0.717, 1.165) is 18.4 Å². The summed E-state index contributed by atoms with van der Waals surface area (Å²) < 4.78 is 23.1. The molecule has 0 aromatic heterocycles. The van der Waals surface area contributed by atoms with Crippen molar-refractivity contribution < 1.29 is 13.2 Å². The Morgan fingerprint density at radius 1 is 1.29 bits per heavy atom. The second-order valence-electron chi connectivity index (χ2n) is 6.58. The Bertz CT molecular complexity index is 681. The number of carbonyl (C=O) groups excluding carboxylic acids is 1. The van der Waals surface area contributed by atoms with Gasteiger partial charge >= 0.3 is 0 Å². The molecule has 5 heteroatoms. The molecule has 0 radical (unpaired) electrons. The van der Waals surface area contributed by atoms with E-state index >= 15 is 0 Å². The van der Waals surface area contributed by atoms with E-state index in [-0.39, 0.29) is 17.4 Å². The number of fused-ring (bicyclic) bond motifs is 1. The molecule has 1 fully saturated rings. The average Bonchev–Trinajstić information content (AvgIpc) is 2.92. The van der Waals surface area contributed by atoms with Gasteiger partial charge in [-0.1, -0.05) is 18.2 Å². The van der Waals surface area contributed by atoms with Crippen molar-refractivity contribution >= 4 is 15.7 Å². The third-order valence-corrected chi connectivity index (χ3v) is 6.38. The third-order valence-electron chi connectivity index (χ3n) is 4.47. The highest BCUT2D eigenvalue weighted by Crippen LogP contribution is 2.24. The summed E-state index contributed by atoms with van der Waals surface area (Å²) in [5, 5.41) is 2.91. The highest BCUT2D eigenvalue weighted by Gasteiger charge is 2.39. The Balaban J connectivity index is 1.64. The molecule has 0 bridgehead atoms. The van der Waals surface area contributed by atoms with Gasteiger partial charge in [-0.05, 0) is 49.3 Å². The molecule has 1 aliphatic carbocycles. The molecule has 1 aromatic carbocycles. The van der Waals surface area contributed by atoms with Gasteiger partial charge in [-0.3, -0.25) is 4.79 Å². The fourth-order valence-corrected chi connectivity index (χ4v) is 5.50. The number of benzene rings is 1. The summed E-state index contributed by atoms with van der Waals surface area (Å²) in [4.78, 5) is 12.2. The lowest BCUT2D eigenvalue weighted by molar-refractivity contribution is -0.121. The first-order valence-corrected chi connectivity index (χ1v) is 9.30. The van der Waals surface area contributed by atoms with Gasteiger partial charge in [0.2, 0.25) is 5.91 Å². The number of aryl methyl sites for hydroxylation is 2. The van der Waals surface area contributed by atoms with Crippen LogP contribution in [0.4, 0.5) is 0 Å². The molecule has 1 heterocycles. The van der Waals surface area contributed by atoms with Crippen molar-refractivity contribution in [3.63, 3.8) is 0 Å². The van der Waals surface area contributed by atoms with Crippen molar-refractivity contribution in [2.45, 2.75) is 44.6 Å². The van der Waals surface area contributed by atoms with Crippen LogP contribution in [0.25, 0.3) is 0 Å². The molecule has 114 valence electrons. The summed E-state index contributed by atoms with van der Waals surface area (Å²) in [6.45, 7) is 1.82. The van der Waals surface area contributed by atoms with Crippen LogP contribution in [0, 0.1) is 0 Å². The van der Waals surface area contributed by atoms with Crippen molar-refractivity contribution in [1.29, 1.82) is 0 Å². The van der Waals surface area contributed by atoms with Crippen LogP contribution in [0.5, 0.6) is 0 Å². The lowest BCUT2D eigenvalue weighted by Crippen LogP contribution is -2.47. The molecule has 1 amide bonds. The Morgan fingerprint density at radius 2 is 2.05 bits per heavy atom. The van der Waals surface area contributed by atoms with Gasteiger partial charge in [-0.15, -0.1) is 0 Å². The number of amides is 1. The number of rotatable bonds is 3. The second-order valence-corrected chi connectivity index (χ2v) is 8.77. The summed E-state index contributed by atoms with van der Waals surface area (Å²) in [7, 11) is -3.00. The maximum atomic E-state index is 12.2. The lowest BCUT2D eigenvalue weighted by Gasteiger charge is -2.24. The van der Waals surface area contributed by atoms with E-state index < -0.39 is 15.4 Å². The summed E-state index contributed by atoms with van der Waals surface area (Å²) >= 11 is 0. The maximum absolute atomic E-state index is 12.2. The standard InChI is InChI=1S/C16H21NO3S/c1-16(7-8-21(19,20)11-16)17-15(18)10-12-5-6-13-3-2-4-14(13)9-12/h5-6,9H,2-4,7-8,10-11H2,1H3,(H,17,18)/t16-/m0/s1. The summed E-state index contributed by atoms with van der Waals surface area (Å²) in [6, 6.07) is 6.25. The van der Waals surface area contributed by atoms with Crippen LogP contribution in [-0.4, -0.2) is 31.4 Å². The van der Waals surface area contributed by atoms with Gasteiger partial charge in [0.15, 0.2) is 9.84 Å². The number of hydrogen-bond acceptors (Lipinski definition) is 3. The van der Waals surface area contributed by atoms with Gasteiger partial charge in [0.25, 0.3) is 0 Å². The molecule has 4 nitrogen and oxygen atoms in total. The molecule has 1 aliphatic heterocycles. The topological polar surface area (TPSA) is 63.2 Å². The van der Waals surface area contributed by atoms with Crippen LogP contribution < -0.4 is 5.32 Å². The monoisotopic (exact) mass is 307 g/mol. The number of sulfone groups is 1. The minimum absolute atomic E-state index is 0.0515. The van der Waals surface area contributed by atoms with Crippen LogP contribution in [0.3, 0.4) is 0 Å². The quantitative estimate of drug-likeness (QED) is 0.918. The van der Waals surface area contributed by atoms with E-state index in [0.29, 0.717) is 12.8 Å². The van der Waals surface area contributed by atoms with E-state index in [4.69, 9.17) is 0 Å². The number of nitrogens with one attached hydrogen (secondary N) is 1. The molecule has 2 aliphatic rings. The molecule has 0 spiro atoms. The van der Waals surface area contributed by atoms with Gasteiger partial charge < -0.3 is 5.32 Å². The Morgan fingerprint density at radius 3 is 2.76 bits per heavy atom. The molecule has 1 N–H and O–H groups in total. The van der Waals surface area contributed by atoms with Crippen LogP contribution in [-0.2, 0) is 33.9 Å². The Kier molecular flexibility index (Phi) is 3.56. The predicted molar refractivity (Wildman–Crippen MR) is 82.0 cm³/mol. The zero-order valence-electron chi connectivity index (χ0n) is 12.3. The van der Waals surface area contributed by atoms with Gasteiger partial charge in [0.1, 0.15) is 0 Å². The predicted octanol–water partition coefficient (Wildman–Crippen LogP) is 1.41. The van der Waals surface area contributed by atoms with Crippen LogP contribution in [0.1, 0.15) is 36.5 Å². The minimum atomic E-state index is -3.00. The highest BCUT2D eigenvalue weighted by molar-refractivity contribution is 7.91. The zero-order chi connectivity index (χ0) is 15.1. The van der Waals surface area contributed by atoms with Crippen molar-refractivity contribution in [3.8, 4) is 0 Å². The van der Waals surface area contributed by atoms with E-state index in [1.165, 1.54) is 17.5 Å². The normalized spacial score (nSPS) is 26.5. The lowest BCUT2D eigenvalue weighted by atomic mass is 10.0. The van der Waals surface area contributed by atoms with Crippen molar-refractivity contribution in [3.05, 3.63) is 34.9 Å². The fraction of sp³-hybridized carbons (Fsp3) is 0.562. The SMILES string of the molecule is C[C@]1(NC(=O)Cc2ccc3c(c2)CCC3)CCS(=O)(=O)C1. The first-order valence-electron chi connectivity index (χ1n) is 7.47. The average molecular weight is 307 g/mol. The molecule has 0 saturated carbocycles. The molecule has 1 atom stereocenters. The van der Waals surface area contributed by atoms with Crippen molar-refractivity contribution in [2.75, 3.05) is 11.5 Å². The molecule has 1 saturated heterocycles. The van der Waals surface area contributed by atoms with Crippen LogP contribution >= 0.6 is 0 Å². The smallest absolute Gasteiger partial charge is 0.224 e. The molecule has 3 rings (SSSR count). The number of carbonyl (C=O) groups is 1. The Labute approximate surface area is 125 Å². The summed E-state index contributed by atoms with van der Waals surface area (Å²) in [5.74, 6) is 0.131. The van der Waals surface area contributed by atoms with E-state index in [2.05, 4.69) is 17.4 Å². The maximum Gasteiger partial charge on any atom is 0.224 e. The summed E-state index contributed by atoms with van der Waals surface area (Å²) in [5.41, 5.74) is 3.16. The molecule has 21 heavy (non-hydrogen) atoms. The van der Waals surface area contributed by atoms with E-state index in [9.17, 15) is 13.2 Å². The van der Waals surface area contributed by atoms with Gasteiger partial charge in [-0.25, -0.2) is 8.42 Å². The van der Waals surface area contributed by atoms with Crippen molar-refractivity contribution in [2.24, 2.45) is 0 Å². The molecular formula is C16H21NO3S. The fourth-order valence-electron chi connectivity index (χ4n) is 3.41. The first-order chi connectivity index (χ1) is 9.85. The first kappa shape index (κ1) is 14.6. The van der Waals surface area contributed by atoms with E-state index in [1.54, 1.807) is 0 Å². The second kappa shape index (κ2) is 5.13. The Hall–Kier alpha value is -1.36. The third kappa shape index (κ3) is 3.28. The van der Waals surface area contributed by atoms with Gasteiger partial charge in [-0.2, -0.15) is 0 Å². The van der Waals surface area contributed by atoms with Crippen LogP contribution in [0.2, 0.25) is 0 Å². The molecule has 1 aromatic rings. The summed E-state index contributed by atoms with van der Waals surface area (Å²) in [6.07, 6.45) is 4.26. The van der Waals surface area contributed by atoms with E-state index in [1.807, 2.05) is 13.0 Å². The minimum Gasteiger partial charge on any atom is -0.350 e. The van der Waals surface area contributed by atoms with Crippen molar-refractivity contribution in [1.82, 2.24) is 5.32 Å². The van der Waals surface area contributed by atoms with Crippen LogP contribution in [0.15, 0.2) is 18.2 Å². The highest BCUT2D eigenvalue weighted by atomic mass is 32.2. The zero-order valence-corrected chi connectivity index (χ0v) is 13.1. The number of hydrogen-bond donors (Lipinski definition) is 1. The molecule has 0 unspecified atom stereocenters. The molecular weight excluding hydrogens is 286 g/mol. The van der Waals surface area contributed by atoms with Gasteiger partial charge in [0, 0.05) is 0 Å².